The van der Waals surface area contributed by atoms with Crippen molar-refractivity contribution < 1.29 is 46.5 Å². The molecule has 4 rings (SSSR count). The van der Waals surface area contributed by atoms with Gasteiger partial charge >= 0.3 is 21.7 Å². The van der Waals surface area contributed by atoms with Crippen LogP contribution in [0.5, 0.6) is 0 Å². The number of hydrogen-bond donors (Lipinski definition) is 1. The summed E-state index contributed by atoms with van der Waals surface area (Å²) >= 11 is 0. The molecule has 0 spiro atoms. The van der Waals surface area contributed by atoms with Crippen LogP contribution in [0.4, 0.5) is 0 Å². The van der Waals surface area contributed by atoms with E-state index in [1.165, 1.54) is 46.4 Å². The molecule has 1 saturated carbocycles. The molecule has 2 aliphatic carbocycles. The summed E-state index contributed by atoms with van der Waals surface area (Å²) in [5.41, 5.74) is 8.15. The van der Waals surface area contributed by atoms with Gasteiger partial charge in [0.25, 0.3) is 0 Å². The quantitative estimate of drug-likeness (QED) is 0.426. The molecule has 2 aliphatic rings. The summed E-state index contributed by atoms with van der Waals surface area (Å²) in [6, 6.07) is 8.62. The van der Waals surface area contributed by atoms with Gasteiger partial charge in [0.05, 0.1) is 0 Å². The van der Waals surface area contributed by atoms with Crippen LogP contribution in [0.3, 0.4) is 0 Å². The van der Waals surface area contributed by atoms with Crippen LogP contribution in [0, 0.1) is 33.0 Å². The second-order valence-corrected chi connectivity index (χ2v) is 5.45. The molecule has 1 fully saturated rings. The van der Waals surface area contributed by atoms with Crippen LogP contribution in [-0.4, -0.2) is 4.98 Å². The van der Waals surface area contributed by atoms with Gasteiger partial charge in [-0.25, -0.2) is 0 Å². The number of benzene rings is 1. The van der Waals surface area contributed by atoms with Gasteiger partial charge in [0, 0.05) is 0 Å². The van der Waals surface area contributed by atoms with Gasteiger partial charge in [-0.2, -0.15) is 28.8 Å². The number of hydrogen-bond acceptors (Lipinski definition) is 0. The number of aryl methyl sites for hydroxylation is 2. The molecule has 0 amide bonds. The smallest absolute Gasteiger partial charge is 1.00 e. The van der Waals surface area contributed by atoms with Crippen molar-refractivity contribution in [1.82, 2.24) is 4.98 Å². The van der Waals surface area contributed by atoms with Crippen molar-refractivity contribution in [1.29, 1.82) is 0 Å². The van der Waals surface area contributed by atoms with E-state index >= 15 is 0 Å². The number of halogens is 2. The van der Waals surface area contributed by atoms with Crippen molar-refractivity contribution in [2.24, 2.45) is 0 Å². The molecule has 1 N–H and O–H groups in total. The maximum atomic E-state index is 3.45. The van der Waals surface area contributed by atoms with Crippen molar-refractivity contribution in [2.45, 2.75) is 39.5 Å². The molecule has 0 radical (unpaired) electrons. The topological polar surface area (TPSA) is 15.8 Å². The molecular weight excluding hydrogens is 349 g/mol. The molecule has 1 heterocycles. The van der Waals surface area contributed by atoms with Crippen molar-refractivity contribution >= 4 is 0 Å². The third-order valence-corrected chi connectivity index (χ3v) is 4.32. The molecule has 2 aromatic rings. The molecule has 1 aromatic heterocycles. The molecule has 1 unspecified atom stereocenters. The zero-order valence-corrected chi connectivity index (χ0v) is 16.1. The van der Waals surface area contributed by atoms with Crippen LogP contribution < -0.4 is 24.8 Å². The zero-order chi connectivity index (χ0) is 13.4. The maximum absolute atomic E-state index is 3.45. The van der Waals surface area contributed by atoms with Gasteiger partial charge in [0.1, 0.15) is 0 Å². The van der Waals surface area contributed by atoms with Gasteiger partial charge in [-0.3, -0.25) is 0 Å². The minimum Gasteiger partial charge on any atom is -1.00 e. The fraction of sp³-hybridized carbons (Fsp3) is 0.333. The Morgan fingerprint density at radius 3 is 2.23 bits per heavy atom. The minimum atomic E-state index is 0. The van der Waals surface area contributed by atoms with Crippen molar-refractivity contribution in [2.75, 3.05) is 0 Å². The van der Waals surface area contributed by atoms with Crippen LogP contribution >= 0.6 is 0 Å². The Kier molecular flexibility index (Phi) is 8.79. The van der Waals surface area contributed by atoms with E-state index in [-0.39, 0.29) is 46.5 Å². The molecule has 0 saturated heterocycles. The maximum Gasteiger partial charge on any atom is 4.00 e. The standard InChI is InChI=1S/C11H9.C7H10N.2ClH.Ti/c1-2-4-10-8(3-1)7-9-5-6-11(9)10;1-5-4-8-7(3)6(5)2;;;/h1-4,11H,5-6H2;8H,1-3H3;2*1H;/q2*-1;;;+4/p-2. The molecule has 1 atom stereocenters. The second-order valence-electron chi connectivity index (χ2n) is 5.45. The van der Waals surface area contributed by atoms with E-state index in [1.54, 1.807) is 0 Å². The first-order valence-electron chi connectivity index (χ1n) is 6.92. The third-order valence-electron chi connectivity index (χ3n) is 4.32. The van der Waals surface area contributed by atoms with Gasteiger partial charge in [0.15, 0.2) is 0 Å². The van der Waals surface area contributed by atoms with E-state index in [0.717, 1.165) is 5.92 Å². The number of aromatic amines is 1. The van der Waals surface area contributed by atoms with Gasteiger partial charge in [-0.15, -0.1) is 35.2 Å². The van der Waals surface area contributed by atoms with Crippen LogP contribution in [-0.2, 0) is 21.7 Å². The first kappa shape index (κ1) is 21.5. The van der Waals surface area contributed by atoms with E-state index in [1.807, 2.05) is 0 Å². The van der Waals surface area contributed by atoms with E-state index < -0.39 is 0 Å². The Hall–Kier alpha value is -0.466. The number of nitrogens with one attached hydrogen (secondary N) is 1. The van der Waals surface area contributed by atoms with E-state index in [9.17, 15) is 0 Å². The SMILES string of the molecule is Cc1[c-][nH]c(C)c1C.[C-]1=C2CCC2c2ccccc21.[Cl-].[Cl-].[Ti+4]. The van der Waals surface area contributed by atoms with Gasteiger partial charge < -0.3 is 29.8 Å². The Morgan fingerprint density at radius 2 is 1.77 bits per heavy atom. The summed E-state index contributed by atoms with van der Waals surface area (Å²) < 4.78 is 0. The number of rotatable bonds is 0. The normalized spacial score (nSPS) is 16.1. The first-order chi connectivity index (χ1) is 9.16. The Balaban J connectivity index is 0.000000368. The molecule has 4 heteroatoms. The van der Waals surface area contributed by atoms with E-state index in [4.69, 9.17) is 0 Å². The summed E-state index contributed by atoms with van der Waals surface area (Å²) in [7, 11) is 0. The number of fused-ring (bicyclic) bond motifs is 3. The van der Waals surface area contributed by atoms with Crippen LogP contribution in [0.1, 0.15) is 46.7 Å². The molecule has 1 aromatic carbocycles. The molecule has 1 nitrogen and oxygen atoms in total. The van der Waals surface area contributed by atoms with Crippen molar-refractivity contribution in [3.63, 3.8) is 0 Å². The fourth-order valence-electron chi connectivity index (χ4n) is 2.67. The predicted octanol–water partition coefficient (Wildman–Crippen LogP) is -1.60. The van der Waals surface area contributed by atoms with Gasteiger partial charge in [-0.05, 0) is 6.42 Å². The van der Waals surface area contributed by atoms with E-state index in [0.29, 0.717) is 0 Å². The monoisotopic (exact) mass is 367 g/mol. The largest absolute Gasteiger partial charge is 4.00 e. The van der Waals surface area contributed by atoms with Crippen LogP contribution in [0.25, 0.3) is 0 Å². The van der Waals surface area contributed by atoms with Crippen LogP contribution in [0.15, 0.2) is 29.8 Å². The summed E-state index contributed by atoms with van der Waals surface area (Å²) in [6.45, 7) is 6.20. The van der Waals surface area contributed by atoms with Crippen molar-refractivity contribution in [3.8, 4) is 0 Å². The molecule has 0 aliphatic heterocycles. The second kappa shape index (κ2) is 8.98. The Morgan fingerprint density at radius 1 is 1.09 bits per heavy atom. The fourth-order valence-corrected chi connectivity index (χ4v) is 2.67. The Labute approximate surface area is 160 Å². The first-order valence-corrected chi connectivity index (χ1v) is 6.92. The molecule has 114 valence electrons. The summed E-state index contributed by atoms with van der Waals surface area (Å²) in [4.78, 5) is 3.01. The average molecular weight is 368 g/mol. The predicted molar refractivity (Wildman–Crippen MR) is 78.1 cm³/mol. The van der Waals surface area contributed by atoms with E-state index in [2.05, 4.69) is 62.3 Å². The average Bonchev–Trinajstić information content (AvgIpc) is 2.82. The molecular formula is C18H19Cl2NTi. The van der Waals surface area contributed by atoms with Crippen LogP contribution in [0.2, 0.25) is 0 Å². The zero-order valence-electron chi connectivity index (χ0n) is 13.1. The molecule has 0 bridgehead atoms. The third kappa shape index (κ3) is 4.08. The summed E-state index contributed by atoms with van der Waals surface area (Å²) in [5.74, 6) is 0.756. The van der Waals surface area contributed by atoms with Gasteiger partial charge in [0.2, 0.25) is 0 Å². The summed E-state index contributed by atoms with van der Waals surface area (Å²) in [5, 5.41) is 0. The molecule has 22 heavy (non-hydrogen) atoms. The summed E-state index contributed by atoms with van der Waals surface area (Å²) in [6.07, 6.45) is 9.09. The number of allylic oxidation sites excluding steroid dienone is 1. The Bertz CT molecular complexity index is 627. The number of H-pyrrole nitrogens is 1. The minimum absolute atomic E-state index is 0. The number of aromatic nitrogens is 1. The van der Waals surface area contributed by atoms with Gasteiger partial charge in [-0.1, -0.05) is 39.2 Å². The van der Waals surface area contributed by atoms with Crippen molar-refractivity contribution in [3.05, 3.63) is 70.1 Å².